The quantitative estimate of drug-likeness (QED) is 0.803. The van der Waals surface area contributed by atoms with Crippen LogP contribution in [0.4, 0.5) is 0 Å². The van der Waals surface area contributed by atoms with E-state index >= 15 is 0 Å². The number of benzene rings is 1. The smallest absolute Gasteiger partial charge is 0.257 e. The molecule has 23 heavy (non-hydrogen) atoms. The average molecular weight is 305 g/mol. The highest BCUT2D eigenvalue weighted by atomic mass is 16.2. The monoisotopic (exact) mass is 305 g/mol. The van der Waals surface area contributed by atoms with Gasteiger partial charge in [0.05, 0.1) is 5.52 Å². The zero-order chi connectivity index (χ0) is 15.8. The van der Waals surface area contributed by atoms with Gasteiger partial charge in [-0.2, -0.15) is 0 Å². The summed E-state index contributed by atoms with van der Waals surface area (Å²) in [6.07, 6.45) is 5.96. The van der Waals surface area contributed by atoms with E-state index in [-0.39, 0.29) is 16.9 Å². The van der Waals surface area contributed by atoms with Crippen LogP contribution in [-0.2, 0) is 19.5 Å². The molecule has 0 spiro atoms. The minimum absolute atomic E-state index is 0.195. The van der Waals surface area contributed by atoms with Crippen molar-refractivity contribution in [3.8, 4) is 0 Å². The van der Waals surface area contributed by atoms with Gasteiger partial charge in [0.15, 0.2) is 0 Å². The summed E-state index contributed by atoms with van der Waals surface area (Å²) in [5, 5.41) is 3.42. The lowest BCUT2D eigenvalue weighted by Crippen LogP contribution is -2.29. The van der Waals surface area contributed by atoms with E-state index in [9.17, 15) is 9.59 Å². The highest BCUT2D eigenvalue weighted by Gasteiger charge is 2.20. The molecule has 0 unspecified atom stereocenters. The van der Waals surface area contributed by atoms with E-state index < -0.39 is 0 Å². The van der Waals surface area contributed by atoms with Crippen LogP contribution in [0, 0.1) is 0 Å². The molecule has 0 atom stereocenters. The maximum absolute atomic E-state index is 12.6. The summed E-state index contributed by atoms with van der Waals surface area (Å²) in [6.45, 7) is 1.16. The van der Waals surface area contributed by atoms with Gasteiger partial charge in [0, 0.05) is 37.1 Å². The third-order valence-corrected chi connectivity index (χ3v) is 4.22. The second-order valence-corrected chi connectivity index (χ2v) is 5.67. The van der Waals surface area contributed by atoms with Gasteiger partial charge in [-0.15, -0.1) is 0 Å². The van der Waals surface area contributed by atoms with E-state index in [1.54, 1.807) is 24.7 Å². The van der Waals surface area contributed by atoms with Gasteiger partial charge in [-0.1, -0.05) is 18.2 Å². The van der Waals surface area contributed by atoms with E-state index in [0.717, 1.165) is 24.0 Å². The topological polar surface area (TPSA) is 64.0 Å². The predicted molar refractivity (Wildman–Crippen MR) is 87.3 cm³/mol. The molecule has 1 N–H and O–H groups in total. The summed E-state index contributed by atoms with van der Waals surface area (Å²) in [6, 6.07) is 9.40. The molecule has 0 fully saturated rings. The average Bonchev–Trinajstić information content (AvgIpc) is 3.01. The Morgan fingerprint density at radius 1 is 1.26 bits per heavy atom. The number of hydrogen-bond acceptors (Lipinski definition) is 3. The predicted octanol–water partition coefficient (Wildman–Crippen LogP) is 1.88. The molecule has 0 aliphatic carbocycles. The minimum Gasteiger partial charge on any atom is -0.348 e. The van der Waals surface area contributed by atoms with Crippen LogP contribution in [0.2, 0.25) is 0 Å². The third-order valence-electron chi connectivity index (χ3n) is 4.22. The van der Waals surface area contributed by atoms with Crippen LogP contribution >= 0.6 is 0 Å². The molecule has 0 bridgehead atoms. The Morgan fingerprint density at radius 3 is 3.00 bits per heavy atom. The van der Waals surface area contributed by atoms with Crippen LogP contribution in [0.1, 0.15) is 21.5 Å². The number of carbonyl (C=O) groups excluding carboxylic acids is 1. The van der Waals surface area contributed by atoms with Crippen molar-refractivity contribution in [1.29, 1.82) is 0 Å². The van der Waals surface area contributed by atoms with Gasteiger partial charge >= 0.3 is 0 Å². The van der Waals surface area contributed by atoms with Crippen molar-refractivity contribution in [2.24, 2.45) is 0 Å². The maximum atomic E-state index is 12.6. The fourth-order valence-corrected chi connectivity index (χ4v) is 3.10. The van der Waals surface area contributed by atoms with Crippen LogP contribution in [0.15, 0.2) is 53.7 Å². The fourth-order valence-electron chi connectivity index (χ4n) is 3.10. The van der Waals surface area contributed by atoms with Crippen molar-refractivity contribution in [3.63, 3.8) is 0 Å². The molecule has 5 heteroatoms. The number of para-hydroxylation sites is 1. The summed E-state index contributed by atoms with van der Waals surface area (Å²) in [5.41, 5.74) is 3.01. The highest BCUT2D eigenvalue weighted by molar-refractivity contribution is 5.98. The molecule has 2 aromatic heterocycles. The summed E-state index contributed by atoms with van der Waals surface area (Å²) >= 11 is 0. The van der Waals surface area contributed by atoms with Gasteiger partial charge in [0.25, 0.3) is 5.91 Å². The van der Waals surface area contributed by atoms with Gasteiger partial charge in [-0.05, 0) is 29.7 Å². The number of aromatic nitrogens is 2. The van der Waals surface area contributed by atoms with E-state index in [0.29, 0.717) is 11.9 Å². The van der Waals surface area contributed by atoms with Crippen molar-refractivity contribution in [3.05, 3.63) is 75.8 Å². The van der Waals surface area contributed by atoms with Crippen molar-refractivity contribution < 1.29 is 4.79 Å². The van der Waals surface area contributed by atoms with Crippen LogP contribution in [0.3, 0.4) is 0 Å². The number of carbonyl (C=O) groups is 1. The van der Waals surface area contributed by atoms with E-state index in [1.165, 1.54) is 5.56 Å². The number of aryl methyl sites for hydroxylation is 2. The maximum Gasteiger partial charge on any atom is 0.257 e. The second kappa shape index (κ2) is 5.35. The molecule has 1 aliphatic rings. The van der Waals surface area contributed by atoms with Gasteiger partial charge in [0.2, 0.25) is 5.43 Å². The third kappa shape index (κ3) is 2.30. The lowest BCUT2D eigenvalue weighted by molar-refractivity contribution is 0.0949. The zero-order valence-electron chi connectivity index (χ0n) is 12.5. The van der Waals surface area contributed by atoms with Crippen LogP contribution in [-0.4, -0.2) is 15.5 Å². The zero-order valence-corrected chi connectivity index (χ0v) is 12.5. The first-order valence-corrected chi connectivity index (χ1v) is 7.56. The molecule has 0 radical (unpaired) electrons. The van der Waals surface area contributed by atoms with E-state index in [1.807, 2.05) is 28.8 Å². The molecule has 1 aromatic carbocycles. The number of hydrogen-bond donors (Lipinski definition) is 1. The van der Waals surface area contributed by atoms with Gasteiger partial charge in [-0.3, -0.25) is 14.6 Å². The van der Waals surface area contributed by atoms with Gasteiger partial charge in [0.1, 0.15) is 5.56 Å². The number of pyridine rings is 2. The second-order valence-electron chi connectivity index (χ2n) is 5.67. The number of nitrogens with one attached hydrogen (secondary N) is 1. The molecule has 3 heterocycles. The first kappa shape index (κ1) is 13.7. The summed E-state index contributed by atoms with van der Waals surface area (Å²) in [5.74, 6) is -0.346. The Labute approximate surface area is 132 Å². The molecule has 114 valence electrons. The van der Waals surface area contributed by atoms with Crippen molar-refractivity contribution >= 4 is 16.8 Å². The molecular weight excluding hydrogens is 290 g/mol. The molecule has 1 amide bonds. The largest absolute Gasteiger partial charge is 0.348 e. The number of nitrogens with zero attached hydrogens (tertiary/aromatic N) is 2. The number of rotatable bonds is 3. The molecule has 3 aromatic rings. The summed E-state index contributed by atoms with van der Waals surface area (Å²) < 4.78 is 2.01. The Hall–Kier alpha value is -2.95. The lowest BCUT2D eigenvalue weighted by atomic mass is 10.1. The van der Waals surface area contributed by atoms with E-state index in [2.05, 4.69) is 10.3 Å². The first-order valence-electron chi connectivity index (χ1n) is 7.56. The minimum atomic E-state index is -0.346. The van der Waals surface area contributed by atoms with Crippen LogP contribution in [0.5, 0.6) is 0 Å². The fraction of sp³-hybridized carbons (Fsp3) is 0.167. The summed E-state index contributed by atoms with van der Waals surface area (Å²) in [4.78, 5) is 29.1. The molecule has 0 saturated heterocycles. The Balaban J connectivity index is 1.69. The van der Waals surface area contributed by atoms with Gasteiger partial charge in [-0.25, -0.2) is 0 Å². The normalized spacial score (nSPS) is 12.5. The van der Waals surface area contributed by atoms with Crippen LogP contribution in [0.25, 0.3) is 10.9 Å². The highest BCUT2D eigenvalue weighted by Crippen LogP contribution is 2.23. The lowest BCUT2D eigenvalue weighted by Gasteiger charge is -2.09. The molecule has 0 saturated carbocycles. The standard InChI is InChI=1S/C18H15N3O2/c22-17-14-5-1-4-13-6-8-21(16(13)14)11-15(17)18(23)20-10-12-3-2-7-19-9-12/h1-5,7,9,11H,6,8,10H2,(H,20,23). The molecule has 4 rings (SSSR count). The molecule has 5 nitrogen and oxygen atoms in total. The van der Waals surface area contributed by atoms with Crippen molar-refractivity contribution in [1.82, 2.24) is 14.9 Å². The number of amides is 1. The Morgan fingerprint density at radius 2 is 2.17 bits per heavy atom. The summed E-state index contributed by atoms with van der Waals surface area (Å²) in [7, 11) is 0. The molecular formula is C18H15N3O2. The Bertz CT molecular complexity index is 961. The van der Waals surface area contributed by atoms with Gasteiger partial charge < -0.3 is 9.88 Å². The first-order chi connectivity index (χ1) is 11.2. The van der Waals surface area contributed by atoms with Crippen molar-refractivity contribution in [2.75, 3.05) is 0 Å². The van der Waals surface area contributed by atoms with Crippen molar-refractivity contribution in [2.45, 2.75) is 19.5 Å². The Kier molecular flexibility index (Phi) is 3.19. The van der Waals surface area contributed by atoms with E-state index in [4.69, 9.17) is 0 Å². The molecule has 1 aliphatic heterocycles. The SMILES string of the molecule is O=C(NCc1cccnc1)c1cn2c3c(cccc3c1=O)CC2. The van der Waals surface area contributed by atoms with Crippen LogP contribution < -0.4 is 10.7 Å².